The molecule has 4 nitrogen and oxygen atoms in total. The number of hydrogen-bond donors (Lipinski definition) is 1. The van der Waals surface area contributed by atoms with Gasteiger partial charge in [0.2, 0.25) is 0 Å². The molecule has 0 bridgehead atoms. The molecule has 1 aromatic carbocycles. The van der Waals surface area contributed by atoms with Crippen LogP contribution in [0.1, 0.15) is 5.56 Å². The van der Waals surface area contributed by atoms with Crippen LogP contribution in [0.2, 0.25) is 5.02 Å². The van der Waals surface area contributed by atoms with Crippen LogP contribution in [-0.2, 0) is 6.54 Å². The SMILES string of the molecule is NCc1cccc(-c2nc3cc(Cl)ccn3n2)c1. The molecule has 18 heavy (non-hydrogen) atoms. The normalized spacial score (nSPS) is 11.0. The maximum atomic E-state index is 5.92. The van der Waals surface area contributed by atoms with Crippen LogP contribution in [0.3, 0.4) is 0 Å². The van der Waals surface area contributed by atoms with E-state index in [-0.39, 0.29) is 0 Å². The molecular formula is C13H11ClN4. The number of rotatable bonds is 2. The summed E-state index contributed by atoms with van der Waals surface area (Å²) in [5.74, 6) is 0.674. The minimum Gasteiger partial charge on any atom is -0.326 e. The van der Waals surface area contributed by atoms with E-state index in [9.17, 15) is 0 Å². The van der Waals surface area contributed by atoms with Gasteiger partial charge in [0.05, 0.1) is 0 Å². The first-order chi connectivity index (χ1) is 8.76. The molecule has 90 valence electrons. The summed E-state index contributed by atoms with van der Waals surface area (Å²) in [6.45, 7) is 0.507. The molecule has 0 fully saturated rings. The number of fused-ring (bicyclic) bond motifs is 1. The average Bonchev–Trinajstić information content (AvgIpc) is 2.81. The van der Waals surface area contributed by atoms with E-state index in [0.717, 1.165) is 16.8 Å². The van der Waals surface area contributed by atoms with Crippen LogP contribution in [0.15, 0.2) is 42.6 Å². The summed E-state index contributed by atoms with van der Waals surface area (Å²) in [5, 5.41) is 5.06. The number of nitrogens with zero attached hydrogens (tertiary/aromatic N) is 3. The van der Waals surface area contributed by atoms with Gasteiger partial charge in [-0.15, -0.1) is 5.10 Å². The molecule has 0 saturated heterocycles. The van der Waals surface area contributed by atoms with Gasteiger partial charge in [-0.05, 0) is 17.7 Å². The van der Waals surface area contributed by atoms with Crippen LogP contribution in [0.25, 0.3) is 17.0 Å². The van der Waals surface area contributed by atoms with Gasteiger partial charge in [0, 0.05) is 29.4 Å². The Morgan fingerprint density at radius 1 is 1.22 bits per heavy atom. The predicted molar refractivity (Wildman–Crippen MR) is 71.3 cm³/mol. The molecule has 0 spiro atoms. The van der Waals surface area contributed by atoms with Crippen LogP contribution < -0.4 is 5.73 Å². The first-order valence-corrected chi connectivity index (χ1v) is 5.95. The van der Waals surface area contributed by atoms with Crippen molar-refractivity contribution in [3.63, 3.8) is 0 Å². The standard InChI is InChI=1S/C13H11ClN4/c14-11-4-5-18-12(7-11)16-13(17-18)10-3-1-2-9(6-10)8-15/h1-7H,8,15H2. The van der Waals surface area contributed by atoms with E-state index in [2.05, 4.69) is 10.1 Å². The van der Waals surface area contributed by atoms with E-state index >= 15 is 0 Å². The predicted octanol–water partition coefficient (Wildman–Crippen LogP) is 2.51. The van der Waals surface area contributed by atoms with Crippen LogP contribution in [0, 0.1) is 0 Å². The number of aromatic nitrogens is 3. The van der Waals surface area contributed by atoms with Crippen molar-refractivity contribution in [3.8, 4) is 11.4 Å². The van der Waals surface area contributed by atoms with Crippen LogP contribution in [-0.4, -0.2) is 14.6 Å². The van der Waals surface area contributed by atoms with Crippen LogP contribution >= 0.6 is 11.6 Å². The largest absolute Gasteiger partial charge is 0.326 e. The van der Waals surface area contributed by atoms with Gasteiger partial charge in [0.15, 0.2) is 11.5 Å². The van der Waals surface area contributed by atoms with Crippen molar-refractivity contribution in [2.24, 2.45) is 5.73 Å². The van der Waals surface area contributed by atoms with Crippen molar-refractivity contribution in [3.05, 3.63) is 53.2 Å². The lowest BCUT2D eigenvalue weighted by atomic mass is 10.1. The number of benzene rings is 1. The summed E-state index contributed by atoms with van der Waals surface area (Å²) >= 11 is 5.92. The highest BCUT2D eigenvalue weighted by Crippen LogP contribution is 2.19. The zero-order valence-electron chi connectivity index (χ0n) is 9.55. The third kappa shape index (κ3) is 1.96. The Kier molecular flexibility index (Phi) is 2.74. The number of halogens is 1. The van der Waals surface area contributed by atoms with Gasteiger partial charge in [-0.25, -0.2) is 9.50 Å². The van der Waals surface area contributed by atoms with E-state index in [1.165, 1.54) is 0 Å². The molecule has 5 heteroatoms. The second-order valence-corrected chi connectivity index (χ2v) is 4.42. The molecule has 2 N–H and O–H groups in total. The first kappa shape index (κ1) is 11.2. The van der Waals surface area contributed by atoms with Crippen molar-refractivity contribution >= 4 is 17.2 Å². The molecule has 3 rings (SSSR count). The third-order valence-corrected chi connectivity index (χ3v) is 2.96. The van der Waals surface area contributed by atoms with E-state index in [1.807, 2.05) is 24.3 Å². The highest BCUT2D eigenvalue weighted by atomic mass is 35.5. The minimum atomic E-state index is 0.507. The number of hydrogen-bond acceptors (Lipinski definition) is 3. The molecule has 0 amide bonds. The average molecular weight is 259 g/mol. The van der Waals surface area contributed by atoms with Gasteiger partial charge >= 0.3 is 0 Å². The van der Waals surface area contributed by atoms with Crippen molar-refractivity contribution in [1.29, 1.82) is 0 Å². The molecule has 0 atom stereocenters. The summed E-state index contributed by atoms with van der Waals surface area (Å²) in [4.78, 5) is 4.45. The Balaban J connectivity index is 2.13. The molecule has 0 aliphatic heterocycles. The molecule has 0 aliphatic rings. The van der Waals surface area contributed by atoms with Crippen LogP contribution in [0.5, 0.6) is 0 Å². The van der Waals surface area contributed by atoms with Gasteiger partial charge in [0.25, 0.3) is 0 Å². The topological polar surface area (TPSA) is 56.2 Å². The third-order valence-electron chi connectivity index (χ3n) is 2.72. The fraction of sp³-hybridized carbons (Fsp3) is 0.0769. The van der Waals surface area contributed by atoms with Gasteiger partial charge in [0.1, 0.15) is 0 Å². The molecule has 0 saturated carbocycles. The summed E-state index contributed by atoms with van der Waals surface area (Å²) in [7, 11) is 0. The Hall–Kier alpha value is -1.91. The van der Waals surface area contributed by atoms with Crippen molar-refractivity contribution < 1.29 is 0 Å². The highest BCUT2D eigenvalue weighted by molar-refractivity contribution is 6.30. The van der Waals surface area contributed by atoms with Crippen LogP contribution in [0.4, 0.5) is 0 Å². The molecular weight excluding hydrogens is 248 g/mol. The number of nitrogens with two attached hydrogens (primary N) is 1. The summed E-state index contributed by atoms with van der Waals surface area (Å²) in [5.41, 5.74) is 8.38. The summed E-state index contributed by atoms with van der Waals surface area (Å²) < 4.78 is 1.70. The van der Waals surface area contributed by atoms with E-state index in [4.69, 9.17) is 17.3 Å². The summed E-state index contributed by atoms with van der Waals surface area (Å²) in [6.07, 6.45) is 1.79. The molecule has 3 aromatic rings. The smallest absolute Gasteiger partial charge is 0.182 e. The first-order valence-electron chi connectivity index (χ1n) is 5.57. The van der Waals surface area contributed by atoms with E-state index in [0.29, 0.717) is 17.4 Å². The quantitative estimate of drug-likeness (QED) is 0.768. The molecule has 2 aromatic heterocycles. The lowest BCUT2D eigenvalue weighted by Gasteiger charge is -1.98. The highest BCUT2D eigenvalue weighted by Gasteiger charge is 2.06. The van der Waals surface area contributed by atoms with Crippen molar-refractivity contribution in [2.45, 2.75) is 6.54 Å². The zero-order valence-corrected chi connectivity index (χ0v) is 10.3. The van der Waals surface area contributed by atoms with Gasteiger partial charge in [-0.3, -0.25) is 0 Å². The fourth-order valence-corrected chi connectivity index (χ4v) is 1.97. The maximum Gasteiger partial charge on any atom is 0.182 e. The Morgan fingerprint density at radius 3 is 2.94 bits per heavy atom. The monoisotopic (exact) mass is 258 g/mol. The van der Waals surface area contributed by atoms with Crippen molar-refractivity contribution in [2.75, 3.05) is 0 Å². The van der Waals surface area contributed by atoms with Crippen molar-refractivity contribution in [1.82, 2.24) is 14.6 Å². The maximum absolute atomic E-state index is 5.92. The summed E-state index contributed by atoms with van der Waals surface area (Å²) in [6, 6.07) is 11.5. The minimum absolute atomic E-state index is 0.507. The second-order valence-electron chi connectivity index (χ2n) is 3.99. The second kappa shape index (κ2) is 4.40. The molecule has 2 heterocycles. The molecule has 0 radical (unpaired) electrons. The molecule has 0 unspecified atom stereocenters. The Labute approximate surface area is 109 Å². The van der Waals surface area contributed by atoms with Gasteiger partial charge in [-0.1, -0.05) is 29.8 Å². The Morgan fingerprint density at radius 2 is 2.11 bits per heavy atom. The van der Waals surface area contributed by atoms with E-state index in [1.54, 1.807) is 22.8 Å². The lowest BCUT2D eigenvalue weighted by molar-refractivity contribution is 0.965. The number of pyridine rings is 1. The Bertz CT molecular complexity index is 705. The molecule has 0 aliphatic carbocycles. The zero-order chi connectivity index (χ0) is 12.5. The lowest BCUT2D eigenvalue weighted by Crippen LogP contribution is -1.96. The van der Waals surface area contributed by atoms with E-state index < -0.39 is 0 Å². The van der Waals surface area contributed by atoms with Gasteiger partial charge < -0.3 is 5.73 Å². The van der Waals surface area contributed by atoms with Gasteiger partial charge in [-0.2, -0.15) is 0 Å². The fourth-order valence-electron chi connectivity index (χ4n) is 1.82.